The van der Waals surface area contributed by atoms with Gasteiger partial charge in [0.25, 0.3) is 0 Å². The Kier molecular flexibility index (Phi) is 5.54. The van der Waals surface area contributed by atoms with Crippen LogP contribution in [0.2, 0.25) is 0 Å². The topological polar surface area (TPSA) is 52.7 Å². The second kappa shape index (κ2) is 7.01. The van der Waals surface area contributed by atoms with Crippen LogP contribution < -0.4 is 5.32 Å². The molecule has 2 rings (SSSR count). The van der Waals surface area contributed by atoms with E-state index < -0.39 is 0 Å². The van der Waals surface area contributed by atoms with E-state index in [0.717, 1.165) is 38.2 Å². The van der Waals surface area contributed by atoms with E-state index in [9.17, 15) is 9.59 Å². The van der Waals surface area contributed by atoms with Crippen LogP contribution >= 0.6 is 11.8 Å². The predicted octanol–water partition coefficient (Wildman–Crippen LogP) is 1.29. The number of carbonyl (C=O) groups excluding carboxylic acids is 2. The zero-order chi connectivity index (χ0) is 15.5. The van der Waals surface area contributed by atoms with Gasteiger partial charge in [0.05, 0.1) is 4.87 Å². The Balaban J connectivity index is 1.78. The highest BCUT2D eigenvalue weighted by atomic mass is 32.2. The van der Waals surface area contributed by atoms with Gasteiger partial charge in [-0.25, -0.2) is 0 Å². The number of nitrogens with one attached hydrogen (secondary N) is 1. The third kappa shape index (κ3) is 3.54. The van der Waals surface area contributed by atoms with Gasteiger partial charge in [0.15, 0.2) is 0 Å². The minimum Gasteiger partial charge on any atom is -0.354 e. The van der Waals surface area contributed by atoms with E-state index >= 15 is 0 Å². The van der Waals surface area contributed by atoms with E-state index in [-0.39, 0.29) is 22.7 Å². The summed E-state index contributed by atoms with van der Waals surface area (Å²) in [6, 6.07) is -0.275. The fourth-order valence-electron chi connectivity index (χ4n) is 3.19. The number of hydrogen-bond acceptors (Lipinski definition) is 4. The molecule has 6 heteroatoms. The number of nitrogens with zero attached hydrogens (tertiary/aromatic N) is 2. The maximum absolute atomic E-state index is 12.3. The van der Waals surface area contributed by atoms with Crippen LogP contribution in [0.25, 0.3) is 0 Å². The Morgan fingerprint density at radius 1 is 1.48 bits per heavy atom. The summed E-state index contributed by atoms with van der Waals surface area (Å²) in [6.07, 6.45) is 2.40. The van der Waals surface area contributed by atoms with Crippen LogP contribution in [0.4, 0.5) is 0 Å². The van der Waals surface area contributed by atoms with Crippen LogP contribution in [-0.2, 0) is 9.59 Å². The van der Waals surface area contributed by atoms with Crippen molar-refractivity contribution >= 4 is 23.6 Å². The number of fused-ring (bicyclic) bond motifs is 1. The summed E-state index contributed by atoms with van der Waals surface area (Å²) >= 11 is 1.74. The molecule has 2 unspecified atom stereocenters. The van der Waals surface area contributed by atoms with Crippen LogP contribution in [0, 0.1) is 0 Å². The van der Waals surface area contributed by atoms with Crippen molar-refractivity contribution in [3.8, 4) is 0 Å². The van der Waals surface area contributed by atoms with Crippen molar-refractivity contribution in [1.29, 1.82) is 0 Å². The van der Waals surface area contributed by atoms with E-state index in [1.54, 1.807) is 11.8 Å². The maximum atomic E-state index is 12.3. The molecule has 0 saturated carbocycles. The van der Waals surface area contributed by atoms with Gasteiger partial charge in [-0.3, -0.25) is 9.59 Å². The van der Waals surface area contributed by atoms with Gasteiger partial charge in [-0.05, 0) is 39.4 Å². The molecule has 2 amide bonds. The Morgan fingerprint density at radius 3 is 2.86 bits per heavy atom. The quantitative estimate of drug-likeness (QED) is 0.720. The van der Waals surface area contributed by atoms with Gasteiger partial charge in [0.1, 0.15) is 6.04 Å². The van der Waals surface area contributed by atoms with Crippen molar-refractivity contribution < 1.29 is 9.59 Å². The standard InChI is InChI=1S/C15H27N3O2S/c1-4-17(5-2)10-6-9-16-14(20)12-11-21-15(3)8-7-13(19)18(12)15/h12H,4-11H2,1-3H3,(H,16,20). The summed E-state index contributed by atoms with van der Waals surface area (Å²) in [5.41, 5.74) is 0. The molecule has 1 N–H and O–H groups in total. The van der Waals surface area contributed by atoms with E-state index in [1.807, 2.05) is 4.90 Å². The van der Waals surface area contributed by atoms with Crippen molar-refractivity contribution in [2.24, 2.45) is 0 Å². The largest absolute Gasteiger partial charge is 0.354 e. The predicted molar refractivity (Wildman–Crippen MR) is 86.1 cm³/mol. The normalized spacial score (nSPS) is 28.3. The van der Waals surface area contributed by atoms with Gasteiger partial charge >= 0.3 is 0 Å². The lowest BCUT2D eigenvalue weighted by atomic mass is 10.2. The van der Waals surface area contributed by atoms with Gasteiger partial charge < -0.3 is 15.1 Å². The molecule has 2 aliphatic heterocycles. The average molecular weight is 313 g/mol. The lowest BCUT2D eigenvalue weighted by Crippen LogP contribution is -2.50. The lowest BCUT2D eigenvalue weighted by molar-refractivity contribution is -0.137. The van der Waals surface area contributed by atoms with Gasteiger partial charge in [0.2, 0.25) is 11.8 Å². The van der Waals surface area contributed by atoms with Crippen LogP contribution in [0.15, 0.2) is 0 Å². The summed E-state index contributed by atoms with van der Waals surface area (Å²) < 4.78 is 0. The van der Waals surface area contributed by atoms with Crippen molar-refractivity contribution in [2.45, 2.75) is 50.9 Å². The summed E-state index contributed by atoms with van der Waals surface area (Å²) in [6.45, 7) is 10.2. The van der Waals surface area contributed by atoms with Gasteiger partial charge in [0, 0.05) is 18.7 Å². The highest BCUT2D eigenvalue weighted by Crippen LogP contribution is 2.47. The number of carbonyl (C=O) groups is 2. The lowest BCUT2D eigenvalue weighted by Gasteiger charge is -2.29. The molecule has 0 bridgehead atoms. The zero-order valence-electron chi connectivity index (χ0n) is 13.4. The van der Waals surface area contributed by atoms with Crippen LogP contribution in [0.1, 0.15) is 40.0 Å². The van der Waals surface area contributed by atoms with Crippen molar-refractivity contribution in [3.05, 3.63) is 0 Å². The van der Waals surface area contributed by atoms with Gasteiger partial charge in [-0.15, -0.1) is 11.8 Å². The number of amides is 2. The molecular weight excluding hydrogens is 286 g/mol. The monoisotopic (exact) mass is 313 g/mol. The highest BCUT2D eigenvalue weighted by molar-refractivity contribution is 8.01. The Hall–Kier alpha value is -0.750. The third-order valence-electron chi connectivity index (χ3n) is 4.59. The first-order valence-electron chi connectivity index (χ1n) is 7.98. The summed E-state index contributed by atoms with van der Waals surface area (Å²) in [5.74, 6) is 0.872. The van der Waals surface area contributed by atoms with Crippen molar-refractivity contribution in [2.75, 3.05) is 31.9 Å². The first-order chi connectivity index (χ1) is 10.0. The van der Waals surface area contributed by atoms with Crippen molar-refractivity contribution in [1.82, 2.24) is 15.1 Å². The van der Waals surface area contributed by atoms with Crippen LogP contribution in [0.5, 0.6) is 0 Å². The molecule has 0 spiro atoms. The molecule has 0 aromatic carbocycles. The number of hydrogen-bond donors (Lipinski definition) is 1. The zero-order valence-corrected chi connectivity index (χ0v) is 14.2. The van der Waals surface area contributed by atoms with E-state index in [4.69, 9.17) is 0 Å². The molecule has 21 heavy (non-hydrogen) atoms. The Morgan fingerprint density at radius 2 is 2.19 bits per heavy atom. The fourth-order valence-corrected chi connectivity index (χ4v) is 4.62. The maximum Gasteiger partial charge on any atom is 0.243 e. The molecule has 2 aliphatic rings. The van der Waals surface area contributed by atoms with Gasteiger partial charge in [-0.1, -0.05) is 13.8 Å². The minimum absolute atomic E-state index is 0.0148. The SMILES string of the molecule is CCN(CC)CCCNC(=O)C1CSC2(C)CCC(=O)N12. The smallest absolute Gasteiger partial charge is 0.243 e. The minimum atomic E-state index is -0.275. The number of thioether (sulfide) groups is 1. The molecule has 0 aliphatic carbocycles. The van der Waals surface area contributed by atoms with Gasteiger partial charge in [-0.2, -0.15) is 0 Å². The van der Waals surface area contributed by atoms with E-state index in [2.05, 4.69) is 31.0 Å². The summed E-state index contributed by atoms with van der Waals surface area (Å²) in [4.78, 5) is 28.3. The molecule has 0 radical (unpaired) electrons. The molecule has 2 heterocycles. The molecule has 0 aromatic heterocycles. The molecular formula is C15H27N3O2S. The molecule has 2 atom stereocenters. The molecule has 120 valence electrons. The first kappa shape index (κ1) is 16.6. The first-order valence-corrected chi connectivity index (χ1v) is 8.96. The average Bonchev–Trinajstić information content (AvgIpc) is 2.96. The Bertz CT molecular complexity index is 400. The highest BCUT2D eigenvalue weighted by Gasteiger charge is 2.52. The van der Waals surface area contributed by atoms with E-state index in [1.165, 1.54) is 0 Å². The van der Waals surface area contributed by atoms with Crippen LogP contribution in [0.3, 0.4) is 0 Å². The number of rotatable bonds is 7. The summed E-state index contributed by atoms with van der Waals surface area (Å²) in [7, 11) is 0. The molecule has 0 aromatic rings. The molecule has 2 saturated heterocycles. The van der Waals surface area contributed by atoms with E-state index in [0.29, 0.717) is 13.0 Å². The molecule has 5 nitrogen and oxygen atoms in total. The third-order valence-corrected chi connectivity index (χ3v) is 6.10. The van der Waals surface area contributed by atoms with Crippen molar-refractivity contribution in [3.63, 3.8) is 0 Å². The Labute approximate surface area is 131 Å². The molecule has 2 fully saturated rings. The summed E-state index contributed by atoms with van der Waals surface area (Å²) in [5, 5.41) is 3.01. The fraction of sp³-hybridized carbons (Fsp3) is 0.867. The van der Waals surface area contributed by atoms with Crippen LogP contribution in [-0.4, -0.2) is 64.5 Å². The second-order valence-electron chi connectivity index (χ2n) is 5.94. The second-order valence-corrected chi connectivity index (χ2v) is 7.44.